The lowest BCUT2D eigenvalue weighted by Gasteiger charge is -2.24. The van der Waals surface area contributed by atoms with Crippen LogP contribution in [0.3, 0.4) is 0 Å². The minimum absolute atomic E-state index is 0.308. The van der Waals surface area contributed by atoms with Gasteiger partial charge in [0.1, 0.15) is 5.75 Å². The first-order valence-corrected chi connectivity index (χ1v) is 8.90. The topological polar surface area (TPSA) is 32.8 Å². The van der Waals surface area contributed by atoms with Crippen LogP contribution in [0.4, 0.5) is 0 Å². The molecule has 2 fully saturated rings. The van der Waals surface area contributed by atoms with Gasteiger partial charge in [-0.1, -0.05) is 25.0 Å². The molecule has 3 rings (SSSR count). The van der Waals surface area contributed by atoms with E-state index in [-0.39, 0.29) is 0 Å². The van der Waals surface area contributed by atoms with Crippen LogP contribution >= 0.6 is 0 Å². The molecule has 1 aliphatic heterocycles. The molecule has 126 valence electrons. The highest BCUT2D eigenvalue weighted by Gasteiger charge is 2.28. The SMILES string of the molecule is COc1ccc(CN2CCCN(C(=O)C3CCCC3)CC2)cc1. The third kappa shape index (κ3) is 4.25. The summed E-state index contributed by atoms with van der Waals surface area (Å²) < 4.78 is 5.21. The standard InChI is InChI=1S/C19H28N2O2/c1-23-18-9-7-16(8-10-18)15-20-11-4-12-21(14-13-20)19(22)17-5-2-3-6-17/h7-10,17H,2-6,11-15H2,1H3. The average molecular weight is 316 g/mol. The maximum atomic E-state index is 12.6. The van der Waals surface area contributed by atoms with E-state index in [1.165, 1.54) is 18.4 Å². The number of carbonyl (C=O) groups excluding carboxylic acids is 1. The monoisotopic (exact) mass is 316 g/mol. The summed E-state index contributed by atoms with van der Waals surface area (Å²) in [6.07, 6.45) is 5.74. The first-order valence-electron chi connectivity index (χ1n) is 8.90. The molecule has 4 heteroatoms. The molecule has 1 saturated carbocycles. The van der Waals surface area contributed by atoms with Crippen molar-refractivity contribution in [2.75, 3.05) is 33.3 Å². The summed E-state index contributed by atoms with van der Waals surface area (Å²) >= 11 is 0. The first-order chi connectivity index (χ1) is 11.3. The maximum Gasteiger partial charge on any atom is 0.225 e. The van der Waals surface area contributed by atoms with E-state index >= 15 is 0 Å². The Hall–Kier alpha value is -1.55. The fraction of sp³-hybridized carbons (Fsp3) is 0.632. The number of carbonyl (C=O) groups is 1. The molecule has 4 nitrogen and oxygen atoms in total. The minimum atomic E-state index is 0.308. The van der Waals surface area contributed by atoms with E-state index in [1.807, 2.05) is 12.1 Å². The first kappa shape index (κ1) is 16.3. The Kier molecular flexibility index (Phi) is 5.55. The van der Waals surface area contributed by atoms with E-state index in [0.29, 0.717) is 11.8 Å². The van der Waals surface area contributed by atoms with Crippen molar-refractivity contribution in [1.29, 1.82) is 0 Å². The van der Waals surface area contributed by atoms with Crippen molar-refractivity contribution in [3.63, 3.8) is 0 Å². The summed E-state index contributed by atoms with van der Waals surface area (Å²) in [6.45, 7) is 4.81. The van der Waals surface area contributed by atoms with Gasteiger partial charge < -0.3 is 9.64 Å². The van der Waals surface area contributed by atoms with Gasteiger partial charge in [0.2, 0.25) is 5.91 Å². The number of rotatable bonds is 4. The third-order valence-corrected chi connectivity index (χ3v) is 5.17. The number of amides is 1. The van der Waals surface area contributed by atoms with E-state index < -0.39 is 0 Å². The van der Waals surface area contributed by atoms with E-state index in [2.05, 4.69) is 21.9 Å². The largest absolute Gasteiger partial charge is 0.497 e. The number of benzene rings is 1. The summed E-state index contributed by atoms with van der Waals surface area (Å²) in [5.41, 5.74) is 1.31. The zero-order valence-corrected chi connectivity index (χ0v) is 14.2. The van der Waals surface area contributed by atoms with Gasteiger partial charge in [0, 0.05) is 38.6 Å². The van der Waals surface area contributed by atoms with Crippen LogP contribution in [0.1, 0.15) is 37.7 Å². The molecule has 1 heterocycles. The highest BCUT2D eigenvalue weighted by Crippen LogP contribution is 2.27. The van der Waals surface area contributed by atoms with Crippen LogP contribution in [0, 0.1) is 5.92 Å². The van der Waals surface area contributed by atoms with E-state index in [1.54, 1.807) is 7.11 Å². The Morgan fingerprint density at radius 2 is 1.78 bits per heavy atom. The molecule has 0 radical (unpaired) electrons. The van der Waals surface area contributed by atoms with Crippen molar-refractivity contribution in [3.8, 4) is 5.75 Å². The highest BCUT2D eigenvalue weighted by molar-refractivity contribution is 5.79. The van der Waals surface area contributed by atoms with E-state index in [0.717, 1.165) is 57.7 Å². The van der Waals surface area contributed by atoms with Crippen LogP contribution in [-0.4, -0.2) is 49.0 Å². The summed E-state index contributed by atoms with van der Waals surface area (Å²) in [5, 5.41) is 0. The molecule has 23 heavy (non-hydrogen) atoms. The molecule has 0 bridgehead atoms. The Morgan fingerprint density at radius 3 is 2.48 bits per heavy atom. The summed E-state index contributed by atoms with van der Waals surface area (Å²) in [7, 11) is 1.69. The van der Waals surface area contributed by atoms with Crippen molar-refractivity contribution in [3.05, 3.63) is 29.8 Å². The van der Waals surface area contributed by atoms with Crippen LogP contribution in [-0.2, 0) is 11.3 Å². The lowest BCUT2D eigenvalue weighted by molar-refractivity contribution is -0.135. The number of methoxy groups -OCH3 is 1. The molecule has 0 N–H and O–H groups in total. The zero-order valence-electron chi connectivity index (χ0n) is 14.2. The molecule has 1 aromatic carbocycles. The summed E-state index contributed by atoms with van der Waals surface area (Å²) in [4.78, 5) is 17.2. The molecular formula is C19H28N2O2. The Bertz CT molecular complexity index is 509. The zero-order chi connectivity index (χ0) is 16.1. The van der Waals surface area contributed by atoms with Crippen LogP contribution in [0.15, 0.2) is 24.3 Å². The predicted octanol–water partition coefficient (Wildman–Crippen LogP) is 2.92. The molecule has 2 aliphatic rings. The van der Waals surface area contributed by atoms with E-state index in [9.17, 15) is 4.79 Å². The van der Waals surface area contributed by atoms with E-state index in [4.69, 9.17) is 4.74 Å². The van der Waals surface area contributed by atoms with Gasteiger partial charge in [-0.2, -0.15) is 0 Å². The van der Waals surface area contributed by atoms with Crippen LogP contribution in [0.2, 0.25) is 0 Å². The summed E-state index contributed by atoms with van der Waals surface area (Å²) in [5.74, 6) is 1.62. The van der Waals surface area contributed by atoms with Gasteiger partial charge >= 0.3 is 0 Å². The Labute approximate surface area is 139 Å². The van der Waals surface area contributed by atoms with Gasteiger partial charge in [0.15, 0.2) is 0 Å². The van der Waals surface area contributed by atoms with Crippen molar-refractivity contribution >= 4 is 5.91 Å². The number of hydrogen-bond acceptors (Lipinski definition) is 3. The molecule has 0 atom stereocenters. The van der Waals surface area contributed by atoms with Gasteiger partial charge in [-0.25, -0.2) is 0 Å². The second kappa shape index (κ2) is 7.82. The van der Waals surface area contributed by atoms with Crippen molar-refractivity contribution in [1.82, 2.24) is 9.80 Å². The Balaban J connectivity index is 1.52. The fourth-order valence-electron chi connectivity index (χ4n) is 3.77. The number of nitrogens with zero attached hydrogens (tertiary/aromatic N) is 2. The lowest BCUT2D eigenvalue weighted by Crippen LogP contribution is -2.38. The molecule has 0 spiro atoms. The molecule has 0 unspecified atom stereocenters. The third-order valence-electron chi connectivity index (χ3n) is 5.17. The average Bonchev–Trinajstić information content (AvgIpc) is 3.02. The van der Waals surface area contributed by atoms with Gasteiger partial charge in [-0.05, 0) is 37.0 Å². The highest BCUT2D eigenvalue weighted by atomic mass is 16.5. The smallest absolute Gasteiger partial charge is 0.225 e. The molecular weight excluding hydrogens is 288 g/mol. The van der Waals surface area contributed by atoms with Crippen molar-refractivity contribution < 1.29 is 9.53 Å². The number of hydrogen-bond donors (Lipinski definition) is 0. The minimum Gasteiger partial charge on any atom is -0.497 e. The maximum absolute atomic E-state index is 12.6. The second-order valence-corrected chi connectivity index (χ2v) is 6.78. The van der Waals surface area contributed by atoms with Gasteiger partial charge in [0.25, 0.3) is 0 Å². The van der Waals surface area contributed by atoms with Gasteiger partial charge in [0.05, 0.1) is 7.11 Å². The molecule has 1 aromatic rings. The molecule has 1 aliphatic carbocycles. The fourth-order valence-corrected chi connectivity index (χ4v) is 3.77. The summed E-state index contributed by atoms with van der Waals surface area (Å²) in [6, 6.07) is 8.29. The van der Waals surface area contributed by atoms with Gasteiger partial charge in [-0.15, -0.1) is 0 Å². The molecule has 0 aromatic heterocycles. The quantitative estimate of drug-likeness (QED) is 0.856. The van der Waals surface area contributed by atoms with Crippen LogP contribution in [0.5, 0.6) is 5.75 Å². The van der Waals surface area contributed by atoms with Gasteiger partial charge in [-0.3, -0.25) is 9.69 Å². The Morgan fingerprint density at radius 1 is 1.04 bits per heavy atom. The molecule has 1 saturated heterocycles. The van der Waals surface area contributed by atoms with Crippen LogP contribution < -0.4 is 4.74 Å². The second-order valence-electron chi connectivity index (χ2n) is 6.78. The van der Waals surface area contributed by atoms with Crippen molar-refractivity contribution in [2.45, 2.75) is 38.6 Å². The van der Waals surface area contributed by atoms with Crippen LogP contribution in [0.25, 0.3) is 0 Å². The predicted molar refractivity (Wildman–Crippen MR) is 91.4 cm³/mol. The molecule has 1 amide bonds. The normalized spacial score (nSPS) is 20.5. The number of ether oxygens (including phenoxy) is 1. The van der Waals surface area contributed by atoms with Crippen molar-refractivity contribution in [2.24, 2.45) is 5.92 Å². The lowest BCUT2D eigenvalue weighted by atomic mass is 10.1.